The van der Waals surface area contributed by atoms with Crippen molar-refractivity contribution in [3.05, 3.63) is 80.0 Å². The largest absolute Gasteiger partial charge is 0.874 e. The summed E-state index contributed by atoms with van der Waals surface area (Å²) in [6.07, 6.45) is 3.82. The van der Waals surface area contributed by atoms with Gasteiger partial charge < -0.3 is 10.0 Å². The monoisotopic (exact) mass is 505 g/mol. The number of aryl methyl sites for hydroxylation is 1. The average molecular weight is 506 g/mol. The van der Waals surface area contributed by atoms with Gasteiger partial charge in [-0.1, -0.05) is 23.4 Å². The highest BCUT2D eigenvalue weighted by molar-refractivity contribution is 8.07. The number of anilines is 1. The molecule has 0 aromatic heterocycles. The third-order valence-corrected chi connectivity index (χ3v) is 8.39. The Morgan fingerprint density at radius 1 is 1.21 bits per heavy atom. The smallest absolute Gasteiger partial charge is 0.282 e. The van der Waals surface area contributed by atoms with Crippen molar-refractivity contribution < 1.29 is 17.9 Å². The van der Waals surface area contributed by atoms with Crippen LogP contribution in [-0.2, 0) is 16.4 Å². The molecule has 0 aliphatic carbocycles. The summed E-state index contributed by atoms with van der Waals surface area (Å²) in [7, 11) is -4.09. The minimum absolute atomic E-state index is 0.0470. The van der Waals surface area contributed by atoms with Gasteiger partial charge in [0.2, 0.25) is 0 Å². The molecular formula is C24H23ClFN2O3S2-. The van der Waals surface area contributed by atoms with Gasteiger partial charge in [-0.3, -0.25) is 0 Å². The SMILES string of the molecule is Cc1cc(Cl)c(C/C([O-])=C2/SC=C/C2=N\S(=O)(=O)c2ccc(F)cc2)c(C)c1N1CCCC1. The van der Waals surface area contributed by atoms with Gasteiger partial charge in [-0.15, -0.1) is 5.76 Å². The second kappa shape index (κ2) is 9.52. The van der Waals surface area contributed by atoms with Crippen molar-refractivity contribution in [2.75, 3.05) is 18.0 Å². The van der Waals surface area contributed by atoms with Crippen molar-refractivity contribution in [2.45, 2.75) is 38.0 Å². The standard InChI is InChI=1S/C24H24ClFN2O3S2/c1-15-13-20(25)19(16(2)23(15)28-10-3-4-11-28)14-22(29)24-21(9-12-32-24)27-33(30,31)18-7-5-17(26)6-8-18/h5-9,12-13,29H,3-4,10-11,14H2,1-2H3/p-1/b24-22-,27-21+. The van der Waals surface area contributed by atoms with Crippen LogP contribution < -0.4 is 10.0 Å². The molecule has 174 valence electrons. The minimum atomic E-state index is -4.09. The van der Waals surface area contributed by atoms with Crippen molar-refractivity contribution >= 4 is 44.8 Å². The maximum atomic E-state index is 13.2. The molecule has 2 aromatic rings. The number of rotatable bonds is 5. The van der Waals surface area contributed by atoms with Gasteiger partial charge in [-0.05, 0) is 91.6 Å². The molecule has 33 heavy (non-hydrogen) atoms. The molecule has 0 atom stereocenters. The van der Waals surface area contributed by atoms with Crippen LogP contribution in [0.4, 0.5) is 10.1 Å². The molecule has 0 radical (unpaired) electrons. The predicted molar refractivity (Wildman–Crippen MR) is 131 cm³/mol. The molecule has 9 heteroatoms. The maximum absolute atomic E-state index is 13.2. The quantitative estimate of drug-likeness (QED) is 0.540. The normalized spacial score (nSPS) is 19.0. The number of hydrogen-bond donors (Lipinski definition) is 0. The van der Waals surface area contributed by atoms with E-state index in [1.807, 2.05) is 19.9 Å². The fourth-order valence-electron chi connectivity index (χ4n) is 4.22. The first kappa shape index (κ1) is 23.9. The van der Waals surface area contributed by atoms with Crippen LogP contribution in [0.2, 0.25) is 5.02 Å². The summed E-state index contributed by atoms with van der Waals surface area (Å²) in [5.74, 6) is -0.793. The Morgan fingerprint density at radius 3 is 2.55 bits per heavy atom. The van der Waals surface area contributed by atoms with Crippen molar-refractivity contribution in [3.63, 3.8) is 0 Å². The predicted octanol–water partition coefficient (Wildman–Crippen LogP) is 4.90. The summed E-state index contributed by atoms with van der Waals surface area (Å²) >= 11 is 7.68. The van der Waals surface area contributed by atoms with Gasteiger partial charge >= 0.3 is 0 Å². The number of allylic oxidation sites excluding steroid dienone is 3. The molecule has 1 fully saturated rings. The van der Waals surface area contributed by atoms with Crippen molar-refractivity contribution in [1.29, 1.82) is 0 Å². The average Bonchev–Trinajstić information content (AvgIpc) is 3.43. The molecule has 5 nitrogen and oxygen atoms in total. The Hall–Kier alpha value is -2.29. The first-order valence-corrected chi connectivity index (χ1v) is 13.2. The number of nitrogens with zero attached hydrogens (tertiary/aromatic N) is 2. The zero-order chi connectivity index (χ0) is 23.8. The summed E-state index contributed by atoms with van der Waals surface area (Å²) in [4.78, 5) is 2.44. The third-order valence-electron chi connectivity index (χ3n) is 5.80. The van der Waals surface area contributed by atoms with Crippen LogP contribution in [0.5, 0.6) is 0 Å². The lowest BCUT2D eigenvalue weighted by Crippen LogP contribution is -2.21. The fourth-order valence-corrected chi connectivity index (χ4v) is 6.42. The van der Waals surface area contributed by atoms with E-state index in [0.29, 0.717) is 5.02 Å². The van der Waals surface area contributed by atoms with Crippen LogP contribution >= 0.6 is 23.4 Å². The molecular weight excluding hydrogens is 483 g/mol. The number of hydrogen-bond acceptors (Lipinski definition) is 5. The lowest BCUT2D eigenvalue weighted by atomic mass is 9.98. The first-order valence-electron chi connectivity index (χ1n) is 10.5. The van der Waals surface area contributed by atoms with Gasteiger partial charge in [-0.2, -0.15) is 12.8 Å². The zero-order valence-electron chi connectivity index (χ0n) is 18.3. The lowest BCUT2D eigenvalue weighted by molar-refractivity contribution is -0.305. The molecule has 4 rings (SSSR count). The van der Waals surface area contributed by atoms with Crippen LogP contribution in [0, 0.1) is 19.7 Å². The Labute approximate surface area is 202 Å². The zero-order valence-corrected chi connectivity index (χ0v) is 20.7. The lowest BCUT2D eigenvalue weighted by Gasteiger charge is -2.26. The summed E-state index contributed by atoms with van der Waals surface area (Å²) < 4.78 is 42.3. The van der Waals surface area contributed by atoms with Gasteiger partial charge in [0, 0.05) is 28.7 Å². The molecule has 0 bridgehead atoms. The van der Waals surface area contributed by atoms with Gasteiger partial charge in [-0.25, -0.2) is 4.39 Å². The molecule has 2 aromatic carbocycles. The number of halogens is 2. The van der Waals surface area contributed by atoms with Crippen LogP contribution in [0.1, 0.15) is 29.5 Å². The Kier molecular flexibility index (Phi) is 6.88. The first-order chi connectivity index (χ1) is 15.7. The number of sulfonamides is 1. The Bertz CT molecular complexity index is 1280. The third kappa shape index (κ3) is 4.98. The molecule has 0 amide bonds. The summed E-state index contributed by atoms with van der Waals surface area (Å²) in [5.41, 5.74) is 4.00. The van der Waals surface area contributed by atoms with E-state index in [0.717, 1.165) is 84.3 Å². The Balaban J connectivity index is 1.68. The summed E-state index contributed by atoms with van der Waals surface area (Å²) in [5, 5.41) is 15.4. The van der Waals surface area contributed by atoms with Crippen molar-refractivity contribution in [3.8, 4) is 0 Å². The second-order valence-electron chi connectivity index (χ2n) is 8.08. The van der Waals surface area contributed by atoms with Crippen molar-refractivity contribution in [2.24, 2.45) is 4.40 Å². The molecule has 2 heterocycles. The molecule has 0 saturated carbocycles. The molecule has 0 spiro atoms. The molecule has 2 aliphatic rings. The van der Waals surface area contributed by atoms with E-state index < -0.39 is 15.8 Å². The molecule has 0 unspecified atom stereocenters. The Morgan fingerprint density at radius 2 is 1.88 bits per heavy atom. The van der Waals surface area contributed by atoms with Gasteiger partial charge in [0.1, 0.15) is 5.82 Å². The van der Waals surface area contributed by atoms with Crippen LogP contribution in [0.25, 0.3) is 0 Å². The molecule has 2 aliphatic heterocycles. The van der Waals surface area contributed by atoms with E-state index >= 15 is 0 Å². The minimum Gasteiger partial charge on any atom is -0.874 e. The molecule has 1 saturated heterocycles. The van der Waals surface area contributed by atoms with Crippen LogP contribution in [0.3, 0.4) is 0 Å². The highest BCUT2D eigenvalue weighted by Gasteiger charge is 2.22. The van der Waals surface area contributed by atoms with Crippen molar-refractivity contribution in [1.82, 2.24) is 0 Å². The topological polar surface area (TPSA) is 72.8 Å². The number of thioether (sulfide) groups is 1. The van der Waals surface area contributed by atoms with E-state index in [2.05, 4.69) is 9.30 Å². The second-order valence-corrected chi connectivity index (χ2v) is 11.0. The number of benzene rings is 2. The highest BCUT2D eigenvalue weighted by atomic mass is 35.5. The van der Waals surface area contributed by atoms with E-state index in [4.69, 9.17) is 11.6 Å². The van der Waals surface area contributed by atoms with Gasteiger partial charge in [0.05, 0.1) is 10.6 Å². The summed E-state index contributed by atoms with van der Waals surface area (Å²) in [6, 6.07) is 6.31. The molecule has 0 N–H and O–H groups in total. The van der Waals surface area contributed by atoms with E-state index in [-0.39, 0.29) is 27.7 Å². The van der Waals surface area contributed by atoms with Crippen LogP contribution in [0.15, 0.2) is 61.8 Å². The maximum Gasteiger partial charge on any atom is 0.282 e. The van der Waals surface area contributed by atoms with E-state index in [9.17, 15) is 17.9 Å². The van der Waals surface area contributed by atoms with Gasteiger partial charge in [0.25, 0.3) is 10.0 Å². The fraction of sp³-hybridized carbons (Fsp3) is 0.292. The van der Waals surface area contributed by atoms with Gasteiger partial charge in [0.15, 0.2) is 0 Å². The summed E-state index contributed by atoms with van der Waals surface area (Å²) in [6.45, 7) is 5.96. The van der Waals surface area contributed by atoms with Crippen LogP contribution in [-0.4, -0.2) is 27.2 Å². The highest BCUT2D eigenvalue weighted by Crippen LogP contribution is 2.37. The van der Waals surface area contributed by atoms with E-state index in [1.54, 1.807) is 5.41 Å². The van der Waals surface area contributed by atoms with E-state index in [1.165, 1.54) is 6.08 Å².